The zero-order chi connectivity index (χ0) is 9.97. The highest BCUT2D eigenvalue weighted by molar-refractivity contribution is 9.10. The Labute approximate surface area is 100 Å². The molecule has 1 radical (unpaired) electrons. The van der Waals surface area contributed by atoms with Crippen LogP contribution in [0.15, 0.2) is 51.4 Å². The molecule has 0 aliphatic rings. The van der Waals surface area contributed by atoms with Crippen LogP contribution in [-0.4, -0.2) is 0 Å². The fraction of sp³-hybridized carbons (Fsp3) is 0. The Kier molecular flexibility index (Phi) is 3.04. The zero-order valence-electron chi connectivity index (χ0n) is 7.30. The summed E-state index contributed by atoms with van der Waals surface area (Å²) in [5.74, 6) is 0. The van der Waals surface area contributed by atoms with Gasteiger partial charge in [0.2, 0.25) is 0 Å². The highest BCUT2D eigenvalue weighted by Crippen LogP contribution is 2.23. The van der Waals surface area contributed by atoms with E-state index in [4.69, 9.17) is 0 Å². The molecule has 14 heavy (non-hydrogen) atoms. The molecule has 2 aromatic rings. The van der Waals surface area contributed by atoms with Crippen LogP contribution in [0, 0.1) is 6.07 Å². The zero-order valence-corrected chi connectivity index (χ0v) is 10.5. The van der Waals surface area contributed by atoms with Crippen molar-refractivity contribution < 1.29 is 0 Å². The fourth-order valence-electron chi connectivity index (χ4n) is 1.26. The summed E-state index contributed by atoms with van der Waals surface area (Å²) in [7, 11) is 0. The van der Waals surface area contributed by atoms with Gasteiger partial charge in [-0.05, 0) is 35.4 Å². The smallest absolute Gasteiger partial charge is 0.0260 e. The molecule has 0 N–H and O–H groups in total. The van der Waals surface area contributed by atoms with E-state index in [2.05, 4.69) is 56.1 Å². The van der Waals surface area contributed by atoms with E-state index in [1.807, 2.05) is 24.3 Å². The molecule has 0 bridgehead atoms. The predicted octanol–water partition coefficient (Wildman–Crippen LogP) is 4.68. The topological polar surface area (TPSA) is 0 Å². The van der Waals surface area contributed by atoms with E-state index in [1.54, 1.807) is 0 Å². The van der Waals surface area contributed by atoms with E-state index >= 15 is 0 Å². The lowest BCUT2D eigenvalue weighted by molar-refractivity contribution is 1.57. The summed E-state index contributed by atoms with van der Waals surface area (Å²) in [6, 6.07) is 17.3. The summed E-state index contributed by atoms with van der Waals surface area (Å²) in [5, 5.41) is 0. The molecule has 0 atom stereocenters. The maximum Gasteiger partial charge on any atom is 0.0260 e. The Bertz CT molecular complexity index is 432. The van der Waals surface area contributed by atoms with Gasteiger partial charge in [-0.3, -0.25) is 0 Å². The van der Waals surface area contributed by atoms with Crippen LogP contribution in [0.25, 0.3) is 11.1 Å². The van der Waals surface area contributed by atoms with Crippen molar-refractivity contribution >= 4 is 31.9 Å². The second kappa shape index (κ2) is 4.28. The first kappa shape index (κ1) is 9.94. The maximum atomic E-state index is 3.42. The Balaban J connectivity index is 2.44. The van der Waals surface area contributed by atoms with Crippen LogP contribution in [0.3, 0.4) is 0 Å². The molecule has 0 aliphatic carbocycles. The molecule has 0 saturated carbocycles. The summed E-state index contributed by atoms with van der Waals surface area (Å²) in [5.41, 5.74) is 2.41. The molecule has 2 heteroatoms. The first-order valence-corrected chi connectivity index (χ1v) is 5.77. The van der Waals surface area contributed by atoms with Crippen LogP contribution in [-0.2, 0) is 0 Å². The van der Waals surface area contributed by atoms with Crippen LogP contribution < -0.4 is 0 Å². The van der Waals surface area contributed by atoms with Gasteiger partial charge in [-0.15, -0.1) is 0 Å². The SMILES string of the molecule is Brc1[c]ccc(-c2ccc(Br)cc2)c1. The minimum absolute atomic E-state index is 0.984. The van der Waals surface area contributed by atoms with Crippen molar-refractivity contribution in [2.24, 2.45) is 0 Å². The standard InChI is InChI=1S/C12H7Br2/c13-11-6-4-9(5-7-11)10-2-1-3-12(14)8-10/h1-2,4-8H. The average molecular weight is 311 g/mol. The van der Waals surface area contributed by atoms with Gasteiger partial charge in [-0.25, -0.2) is 0 Å². The minimum atomic E-state index is 0.984. The third kappa shape index (κ3) is 2.25. The van der Waals surface area contributed by atoms with Crippen molar-refractivity contribution in [1.82, 2.24) is 0 Å². The summed E-state index contributed by atoms with van der Waals surface area (Å²) < 4.78 is 2.08. The van der Waals surface area contributed by atoms with Crippen LogP contribution in [0.2, 0.25) is 0 Å². The number of hydrogen-bond acceptors (Lipinski definition) is 0. The first-order chi connectivity index (χ1) is 6.75. The molecule has 0 aromatic heterocycles. The lowest BCUT2D eigenvalue weighted by Gasteiger charge is -2.01. The van der Waals surface area contributed by atoms with E-state index in [0.29, 0.717) is 0 Å². The van der Waals surface area contributed by atoms with Crippen molar-refractivity contribution in [2.75, 3.05) is 0 Å². The van der Waals surface area contributed by atoms with Crippen molar-refractivity contribution in [3.05, 3.63) is 57.5 Å². The van der Waals surface area contributed by atoms with Crippen molar-refractivity contribution in [1.29, 1.82) is 0 Å². The van der Waals surface area contributed by atoms with E-state index in [1.165, 1.54) is 11.1 Å². The van der Waals surface area contributed by atoms with Gasteiger partial charge in [0.25, 0.3) is 0 Å². The summed E-state index contributed by atoms with van der Waals surface area (Å²) >= 11 is 6.83. The third-order valence-corrected chi connectivity index (χ3v) is 2.93. The van der Waals surface area contributed by atoms with E-state index in [9.17, 15) is 0 Å². The second-order valence-corrected chi connectivity index (χ2v) is 4.70. The van der Waals surface area contributed by atoms with Gasteiger partial charge in [-0.2, -0.15) is 0 Å². The molecule has 0 aliphatic heterocycles. The molecular formula is C12H7Br2. The number of rotatable bonds is 1. The Morgan fingerprint density at radius 2 is 1.57 bits per heavy atom. The van der Waals surface area contributed by atoms with Crippen molar-refractivity contribution in [3.63, 3.8) is 0 Å². The number of benzene rings is 2. The quantitative estimate of drug-likeness (QED) is 0.717. The van der Waals surface area contributed by atoms with Gasteiger partial charge >= 0.3 is 0 Å². The van der Waals surface area contributed by atoms with Crippen molar-refractivity contribution in [2.45, 2.75) is 0 Å². The van der Waals surface area contributed by atoms with Gasteiger partial charge in [0.05, 0.1) is 0 Å². The highest BCUT2D eigenvalue weighted by atomic mass is 79.9. The van der Waals surface area contributed by atoms with Crippen LogP contribution in [0.5, 0.6) is 0 Å². The van der Waals surface area contributed by atoms with E-state index in [-0.39, 0.29) is 0 Å². The summed E-state index contributed by atoms with van der Waals surface area (Å²) in [6.45, 7) is 0. The largest absolute Gasteiger partial charge is 0.0537 e. The average Bonchev–Trinajstić information content (AvgIpc) is 2.19. The third-order valence-electron chi connectivity index (χ3n) is 1.94. The molecule has 0 spiro atoms. The molecule has 69 valence electrons. The van der Waals surface area contributed by atoms with E-state index < -0.39 is 0 Å². The van der Waals surface area contributed by atoms with Gasteiger partial charge in [0, 0.05) is 8.95 Å². The molecule has 0 nitrogen and oxygen atoms in total. The van der Waals surface area contributed by atoms with Crippen LogP contribution >= 0.6 is 31.9 Å². The van der Waals surface area contributed by atoms with Crippen LogP contribution in [0.1, 0.15) is 0 Å². The normalized spacial score (nSPS) is 10.1. The van der Waals surface area contributed by atoms with Crippen molar-refractivity contribution in [3.8, 4) is 11.1 Å². The molecule has 2 rings (SSSR count). The number of halogens is 2. The predicted molar refractivity (Wildman–Crippen MR) is 66.1 cm³/mol. The second-order valence-electron chi connectivity index (χ2n) is 2.93. The molecule has 2 aromatic carbocycles. The monoisotopic (exact) mass is 309 g/mol. The lowest BCUT2D eigenvalue weighted by Crippen LogP contribution is -1.76. The fourth-order valence-corrected chi connectivity index (χ4v) is 1.90. The molecule has 0 amide bonds. The Hall–Kier alpha value is -0.600. The first-order valence-electron chi connectivity index (χ1n) is 4.19. The molecule has 0 fully saturated rings. The maximum absolute atomic E-state index is 3.42. The van der Waals surface area contributed by atoms with Gasteiger partial charge in [0.1, 0.15) is 0 Å². The molecule has 0 saturated heterocycles. The Morgan fingerprint density at radius 1 is 0.857 bits per heavy atom. The van der Waals surface area contributed by atoms with Crippen LogP contribution in [0.4, 0.5) is 0 Å². The molecular weight excluding hydrogens is 304 g/mol. The van der Waals surface area contributed by atoms with Gasteiger partial charge in [-0.1, -0.05) is 56.1 Å². The Morgan fingerprint density at radius 3 is 2.21 bits per heavy atom. The molecule has 0 unspecified atom stereocenters. The highest BCUT2D eigenvalue weighted by Gasteiger charge is 1.97. The number of hydrogen-bond donors (Lipinski definition) is 0. The van der Waals surface area contributed by atoms with E-state index in [0.717, 1.165) is 8.95 Å². The summed E-state index contributed by atoms with van der Waals surface area (Å²) in [4.78, 5) is 0. The minimum Gasteiger partial charge on any atom is -0.0537 e. The van der Waals surface area contributed by atoms with Gasteiger partial charge in [0.15, 0.2) is 0 Å². The van der Waals surface area contributed by atoms with Gasteiger partial charge < -0.3 is 0 Å². The summed E-state index contributed by atoms with van der Waals surface area (Å²) in [6.07, 6.45) is 0. The molecule has 0 heterocycles. The lowest BCUT2D eigenvalue weighted by atomic mass is 10.1.